The van der Waals surface area contributed by atoms with Gasteiger partial charge < -0.3 is 5.11 Å². The maximum atomic E-state index is 10.3. The average Bonchev–Trinajstić information content (AvgIpc) is 2.62. The van der Waals surface area contributed by atoms with Crippen molar-refractivity contribution in [3.05, 3.63) is 95.2 Å². The van der Waals surface area contributed by atoms with Gasteiger partial charge in [0.25, 0.3) is 0 Å². The Morgan fingerprint density at radius 2 is 1.45 bits per heavy atom. The molecule has 0 aromatic carbocycles. The number of allylic oxidation sites excluding steroid dienone is 15. The Hall–Kier alpha value is -2.45. The first-order valence-corrected chi connectivity index (χ1v) is 10.2. The van der Waals surface area contributed by atoms with E-state index in [1.165, 1.54) is 17.2 Å². The molecule has 0 heterocycles. The minimum Gasteiger partial charge on any atom is -0.389 e. The lowest BCUT2D eigenvalue weighted by Gasteiger charge is -2.38. The summed E-state index contributed by atoms with van der Waals surface area (Å²) in [6, 6.07) is 0. The lowest BCUT2D eigenvalue weighted by molar-refractivity contribution is -0.104. The number of rotatable bonds is 8. The molecule has 0 fully saturated rings. The Morgan fingerprint density at radius 1 is 0.931 bits per heavy atom. The van der Waals surface area contributed by atoms with Crippen LogP contribution in [0.3, 0.4) is 0 Å². The first-order valence-electron chi connectivity index (χ1n) is 10.2. The molecule has 156 valence electrons. The van der Waals surface area contributed by atoms with Gasteiger partial charge in [-0.15, -0.1) is 0 Å². The molecule has 0 saturated heterocycles. The maximum Gasteiger partial charge on any atom is 0.142 e. The molecule has 0 spiro atoms. The number of carbonyl (C=O) groups is 1. The Morgan fingerprint density at radius 3 is 2.00 bits per heavy atom. The zero-order chi connectivity index (χ0) is 21.9. The molecule has 1 N–H and O–H groups in total. The molecule has 1 aliphatic rings. The molecule has 0 aromatic rings. The fraction of sp³-hybridized carbons (Fsp3) is 0.370. The summed E-state index contributed by atoms with van der Waals surface area (Å²) >= 11 is 0. The van der Waals surface area contributed by atoms with E-state index in [1.54, 1.807) is 6.08 Å². The molecule has 2 nitrogen and oxygen atoms in total. The summed E-state index contributed by atoms with van der Waals surface area (Å²) in [6.07, 6.45) is 25.1. The summed E-state index contributed by atoms with van der Waals surface area (Å²) < 4.78 is 0. The van der Waals surface area contributed by atoms with Crippen LogP contribution < -0.4 is 0 Å². The minimum atomic E-state index is -0.328. The van der Waals surface area contributed by atoms with E-state index in [-0.39, 0.29) is 11.5 Å². The summed E-state index contributed by atoms with van der Waals surface area (Å²) in [5, 5.41) is 9.97. The van der Waals surface area contributed by atoms with Gasteiger partial charge in [0.1, 0.15) is 6.29 Å². The highest BCUT2D eigenvalue weighted by Crippen LogP contribution is 2.41. The van der Waals surface area contributed by atoms with Crippen molar-refractivity contribution >= 4 is 6.29 Å². The van der Waals surface area contributed by atoms with Gasteiger partial charge in [-0.25, -0.2) is 0 Å². The van der Waals surface area contributed by atoms with E-state index in [0.29, 0.717) is 5.92 Å². The number of aldehydes is 1. The van der Waals surface area contributed by atoms with Crippen LogP contribution in [0.1, 0.15) is 48.0 Å². The van der Waals surface area contributed by atoms with Gasteiger partial charge in [-0.3, -0.25) is 4.79 Å². The van der Waals surface area contributed by atoms with Gasteiger partial charge in [-0.1, -0.05) is 103 Å². The van der Waals surface area contributed by atoms with Gasteiger partial charge >= 0.3 is 0 Å². The molecule has 0 amide bonds. The molecule has 1 aliphatic carbocycles. The monoisotopic (exact) mass is 392 g/mol. The number of hydrogen-bond donors (Lipinski definition) is 1. The van der Waals surface area contributed by atoms with Crippen molar-refractivity contribution in [1.29, 1.82) is 0 Å². The maximum absolute atomic E-state index is 10.3. The number of aliphatic hydroxyl groups is 1. The average molecular weight is 393 g/mol. The number of carbonyl (C=O) groups excluding carboxylic acids is 1. The summed E-state index contributed by atoms with van der Waals surface area (Å²) in [5.74, 6) is 0.350. The van der Waals surface area contributed by atoms with Crippen LogP contribution in [-0.4, -0.2) is 17.5 Å². The summed E-state index contributed by atoms with van der Waals surface area (Å²) in [4.78, 5) is 10.3. The summed E-state index contributed by atoms with van der Waals surface area (Å²) in [5.41, 5.74) is 4.68. The molecular weight excluding hydrogens is 356 g/mol. The third-order valence-electron chi connectivity index (χ3n) is 5.06. The lowest BCUT2D eigenvalue weighted by atomic mass is 9.67. The highest BCUT2D eigenvalue weighted by Gasteiger charge is 2.34. The van der Waals surface area contributed by atoms with Gasteiger partial charge in [0, 0.05) is 5.92 Å². The fourth-order valence-electron chi connectivity index (χ4n) is 3.53. The van der Waals surface area contributed by atoms with Crippen LogP contribution in [0.5, 0.6) is 0 Å². The molecule has 0 aromatic heterocycles. The Bertz CT molecular complexity index is 792. The molecular formula is C27H36O2. The first-order chi connectivity index (χ1) is 13.7. The zero-order valence-electron chi connectivity index (χ0n) is 18.7. The molecule has 2 atom stereocenters. The van der Waals surface area contributed by atoms with Gasteiger partial charge in [-0.2, -0.15) is 0 Å². The lowest BCUT2D eigenvalue weighted by Crippen LogP contribution is -2.32. The van der Waals surface area contributed by atoms with Crippen molar-refractivity contribution < 1.29 is 9.90 Å². The van der Waals surface area contributed by atoms with Gasteiger partial charge in [0.05, 0.1) is 6.10 Å². The van der Waals surface area contributed by atoms with Crippen LogP contribution in [0.2, 0.25) is 0 Å². The Balaban J connectivity index is 2.68. The quantitative estimate of drug-likeness (QED) is 0.219. The third-order valence-corrected chi connectivity index (χ3v) is 5.06. The predicted molar refractivity (Wildman–Crippen MR) is 126 cm³/mol. The SMILES string of the molecule is CC1=C[C@H](O)CC(C)(C)[C@H]1/C=C/C(C)=C/C=C/C(C)=C/C=C/C=C(C)/C=C/C=O. The van der Waals surface area contributed by atoms with E-state index in [4.69, 9.17) is 0 Å². The molecule has 29 heavy (non-hydrogen) atoms. The van der Waals surface area contributed by atoms with E-state index >= 15 is 0 Å². The molecule has 2 heteroatoms. The summed E-state index contributed by atoms with van der Waals surface area (Å²) in [6.45, 7) is 12.7. The van der Waals surface area contributed by atoms with Gasteiger partial charge in [0.2, 0.25) is 0 Å². The van der Waals surface area contributed by atoms with Crippen molar-refractivity contribution in [2.75, 3.05) is 0 Å². The van der Waals surface area contributed by atoms with E-state index in [0.717, 1.165) is 23.9 Å². The highest BCUT2D eigenvalue weighted by atomic mass is 16.3. The minimum absolute atomic E-state index is 0.0619. The first kappa shape index (κ1) is 24.6. The molecule has 0 unspecified atom stereocenters. The third kappa shape index (κ3) is 9.54. The van der Waals surface area contributed by atoms with Crippen molar-refractivity contribution in [1.82, 2.24) is 0 Å². The van der Waals surface area contributed by atoms with Crippen molar-refractivity contribution in [3.8, 4) is 0 Å². The van der Waals surface area contributed by atoms with Crippen LogP contribution in [0.4, 0.5) is 0 Å². The normalized spacial score (nSPS) is 24.2. The van der Waals surface area contributed by atoms with Crippen molar-refractivity contribution in [3.63, 3.8) is 0 Å². The summed E-state index contributed by atoms with van der Waals surface area (Å²) in [7, 11) is 0. The van der Waals surface area contributed by atoms with Gasteiger partial charge in [-0.05, 0) is 45.6 Å². The van der Waals surface area contributed by atoms with E-state index in [2.05, 4.69) is 65.0 Å². The van der Waals surface area contributed by atoms with Crippen LogP contribution in [-0.2, 0) is 4.79 Å². The van der Waals surface area contributed by atoms with Crippen LogP contribution >= 0.6 is 0 Å². The second-order valence-corrected chi connectivity index (χ2v) is 8.48. The molecule has 1 rings (SSSR count). The van der Waals surface area contributed by atoms with Crippen molar-refractivity contribution in [2.45, 2.75) is 54.1 Å². The zero-order valence-corrected chi connectivity index (χ0v) is 18.7. The number of hydrogen-bond acceptors (Lipinski definition) is 2. The fourth-order valence-corrected chi connectivity index (χ4v) is 3.53. The van der Waals surface area contributed by atoms with Gasteiger partial charge in [0.15, 0.2) is 0 Å². The topological polar surface area (TPSA) is 37.3 Å². The van der Waals surface area contributed by atoms with Crippen LogP contribution in [0.15, 0.2) is 95.2 Å². The second-order valence-electron chi connectivity index (χ2n) is 8.48. The van der Waals surface area contributed by atoms with Crippen molar-refractivity contribution in [2.24, 2.45) is 11.3 Å². The molecule has 0 saturated carbocycles. The number of aliphatic hydroxyl groups excluding tert-OH is 1. The standard InChI is InChI=1S/C27H36O2/c1-21(11-7-8-12-22(2)15-10-18-28)13-9-14-23(3)16-17-26-24(4)19-25(29)20-27(26,5)6/h7-19,25-26,29H,20H2,1-6H3/b8-7+,13-9+,15-10+,17-16+,21-11+,22-12+,23-14+/t25-,26-/m0/s1. The van der Waals surface area contributed by atoms with Crippen LogP contribution in [0, 0.1) is 11.3 Å². The van der Waals surface area contributed by atoms with E-state index < -0.39 is 0 Å². The van der Waals surface area contributed by atoms with E-state index in [1.807, 2.05) is 37.3 Å². The van der Waals surface area contributed by atoms with Crippen LogP contribution in [0.25, 0.3) is 0 Å². The highest BCUT2D eigenvalue weighted by molar-refractivity contribution is 5.65. The Labute approximate surface area is 177 Å². The molecule has 0 bridgehead atoms. The molecule has 0 aliphatic heterocycles. The predicted octanol–water partition coefficient (Wildman–Crippen LogP) is 6.60. The second kappa shape index (κ2) is 12.2. The van der Waals surface area contributed by atoms with E-state index in [9.17, 15) is 9.90 Å². The smallest absolute Gasteiger partial charge is 0.142 e. The molecule has 0 radical (unpaired) electrons. The largest absolute Gasteiger partial charge is 0.389 e. The Kier molecular flexibility index (Phi) is 10.3.